The Morgan fingerprint density at radius 3 is 1.22 bits per heavy atom. The second kappa shape index (κ2) is 15.6. The number of carbonyl (C=O) groups excluding carboxylic acids is 2. The van der Waals surface area contributed by atoms with Gasteiger partial charge in [-0.05, 0) is 39.5 Å². The quantitative estimate of drug-likeness (QED) is 0.594. The molecule has 2 fully saturated rings. The van der Waals surface area contributed by atoms with Crippen LogP contribution in [0.2, 0.25) is 0 Å². The lowest BCUT2D eigenvalue weighted by molar-refractivity contribution is 0.168. The summed E-state index contributed by atoms with van der Waals surface area (Å²) in [6.45, 7) is 10.3. The van der Waals surface area contributed by atoms with E-state index < -0.39 is 0 Å². The first kappa shape index (κ1) is 30.3. The molecule has 159 valence electrons. The number of hydrogen-bond donors (Lipinski definition) is 0. The second-order valence-electron chi connectivity index (χ2n) is 7.43. The number of likely N-dealkylation sites (tertiary alicyclic amines) is 2. The number of carbonyl (C=O) groups is 2. The highest BCUT2D eigenvalue weighted by Crippen LogP contribution is 2.17. The maximum absolute atomic E-state index is 11.4. The summed E-state index contributed by atoms with van der Waals surface area (Å²) in [5.41, 5.74) is 0. The van der Waals surface area contributed by atoms with Crippen LogP contribution < -0.4 is 0 Å². The molecule has 2 heterocycles. The van der Waals surface area contributed by atoms with E-state index in [9.17, 15) is 9.59 Å². The van der Waals surface area contributed by atoms with E-state index in [2.05, 4.69) is 27.7 Å². The third kappa shape index (κ3) is 10.5. The van der Waals surface area contributed by atoms with Gasteiger partial charge in [0.25, 0.3) is 0 Å². The Bertz CT molecular complexity index is 369. The van der Waals surface area contributed by atoms with E-state index in [0.29, 0.717) is 12.1 Å². The lowest BCUT2D eigenvalue weighted by Crippen LogP contribution is -2.40. The third-order valence-corrected chi connectivity index (χ3v) is 4.36. The minimum absolute atomic E-state index is 0. The minimum Gasteiger partial charge on any atom is -0.331 e. The number of nitrogens with zero attached hydrogens (tertiary/aromatic N) is 4. The molecule has 2 saturated heterocycles. The maximum atomic E-state index is 11.4. The molecule has 4 amide bonds. The average molecular weight is 383 g/mol. The van der Waals surface area contributed by atoms with Crippen molar-refractivity contribution in [1.82, 2.24) is 19.6 Å². The zero-order chi connectivity index (χ0) is 19.6. The van der Waals surface area contributed by atoms with Crippen LogP contribution in [0.5, 0.6) is 0 Å². The summed E-state index contributed by atoms with van der Waals surface area (Å²) in [6, 6.07) is 1.17. The van der Waals surface area contributed by atoms with Gasteiger partial charge in [-0.3, -0.25) is 0 Å². The highest BCUT2D eigenvalue weighted by atomic mass is 16.2. The van der Waals surface area contributed by atoms with Gasteiger partial charge in [-0.15, -0.1) is 0 Å². The van der Waals surface area contributed by atoms with Crippen molar-refractivity contribution < 1.29 is 9.59 Å². The van der Waals surface area contributed by atoms with Gasteiger partial charge >= 0.3 is 12.1 Å². The van der Waals surface area contributed by atoms with Gasteiger partial charge in [0.15, 0.2) is 0 Å². The molecule has 0 aromatic rings. The SMILES string of the molecule is C.CCC.C[C@@H]1CCCN1C(=O)N(C)C.C[C@@H]1CCCN1C(=O)N(C)C.[B]. The predicted octanol–water partition coefficient (Wildman–Crippen LogP) is 3.98. The molecule has 0 aromatic heterocycles. The highest BCUT2D eigenvalue weighted by Gasteiger charge is 2.26. The van der Waals surface area contributed by atoms with Crippen LogP contribution in [0.25, 0.3) is 0 Å². The van der Waals surface area contributed by atoms with Gasteiger partial charge in [0.2, 0.25) is 0 Å². The Hall–Kier alpha value is -1.40. The van der Waals surface area contributed by atoms with Crippen LogP contribution in [0.3, 0.4) is 0 Å². The monoisotopic (exact) mass is 383 g/mol. The largest absolute Gasteiger partial charge is 0.331 e. The number of hydrogen-bond acceptors (Lipinski definition) is 2. The molecular formula is C20H44BN4O2. The Kier molecular flexibility index (Phi) is 17.6. The molecule has 0 unspecified atom stereocenters. The molecule has 6 nitrogen and oxygen atoms in total. The van der Waals surface area contributed by atoms with Gasteiger partial charge in [-0.25, -0.2) is 9.59 Å². The van der Waals surface area contributed by atoms with Crippen LogP contribution in [-0.4, -0.2) is 93.4 Å². The van der Waals surface area contributed by atoms with Crippen LogP contribution in [0.4, 0.5) is 9.59 Å². The summed E-state index contributed by atoms with van der Waals surface area (Å²) in [7, 11) is 7.20. The summed E-state index contributed by atoms with van der Waals surface area (Å²) in [4.78, 5) is 30.0. The van der Waals surface area contributed by atoms with E-state index in [1.165, 1.54) is 6.42 Å². The molecular weight excluding hydrogens is 339 g/mol. The molecule has 3 radical (unpaired) electrons. The van der Waals surface area contributed by atoms with E-state index >= 15 is 0 Å². The molecule has 27 heavy (non-hydrogen) atoms. The second-order valence-corrected chi connectivity index (χ2v) is 7.43. The van der Waals surface area contributed by atoms with Crippen molar-refractivity contribution in [3.8, 4) is 0 Å². The van der Waals surface area contributed by atoms with Crippen LogP contribution >= 0.6 is 0 Å². The lowest BCUT2D eigenvalue weighted by Gasteiger charge is -2.25. The third-order valence-electron chi connectivity index (χ3n) is 4.36. The summed E-state index contributed by atoms with van der Waals surface area (Å²) < 4.78 is 0. The van der Waals surface area contributed by atoms with Crippen molar-refractivity contribution in [2.45, 2.75) is 79.3 Å². The molecule has 7 heteroatoms. The van der Waals surface area contributed by atoms with Crippen LogP contribution in [0.15, 0.2) is 0 Å². The first-order valence-corrected chi connectivity index (χ1v) is 9.63. The number of rotatable bonds is 0. The van der Waals surface area contributed by atoms with Crippen molar-refractivity contribution in [2.75, 3.05) is 41.3 Å². The van der Waals surface area contributed by atoms with Crippen molar-refractivity contribution in [1.29, 1.82) is 0 Å². The Morgan fingerprint density at radius 1 is 0.815 bits per heavy atom. The average Bonchev–Trinajstić information content (AvgIpc) is 3.15. The smallest absolute Gasteiger partial charge is 0.319 e. The minimum atomic E-state index is 0. The fraction of sp³-hybridized carbons (Fsp3) is 0.900. The van der Waals surface area contributed by atoms with Gasteiger partial charge in [0.1, 0.15) is 0 Å². The van der Waals surface area contributed by atoms with Gasteiger partial charge in [-0.2, -0.15) is 0 Å². The van der Waals surface area contributed by atoms with Crippen LogP contribution in [0.1, 0.15) is 67.2 Å². The Morgan fingerprint density at radius 2 is 1.07 bits per heavy atom. The lowest BCUT2D eigenvalue weighted by atomic mass is 10.2. The maximum Gasteiger partial charge on any atom is 0.319 e. The molecule has 2 aliphatic heterocycles. The molecule has 0 N–H and O–H groups in total. The molecule has 0 spiro atoms. The van der Waals surface area contributed by atoms with E-state index in [1.54, 1.807) is 38.0 Å². The highest BCUT2D eigenvalue weighted by molar-refractivity contribution is 5.75. The zero-order valence-electron chi connectivity index (χ0n) is 18.3. The molecule has 0 aromatic carbocycles. The summed E-state index contributed by atoms with van der Waals surface area (Å²) in [6.07, 6.45) is 5.86. The number of amides is 4. The van der Waals surface area contributed by atoms with Gasteiger partial charge in [0, 0.05) is 61.8 Å². The first-order chi connectivity index (χ1) is 11.7. The Labute approximate surface area is 170 Å². The molecule has 2 atom stereocenters. The van der Waals surface area contributed by atoms with Crippen LogP contribution in [-0.2, 0) is 0 Å². The van der Waals surface area contributed by atoms with E-state index in [1.807, 2.05) is 9.80 Å². The molecule has 0 aliphatic carbocycles. The molecule has 0 saturated carbocycles. The van der Waals surface area contributed by atoms with Crippen molar-refractivity contribution >= 4 is 20.5 Å². The van der Waals surface area contributed by atoms with Gasteiger partial charge in [0.05, 0.1) is 0 Å². The summed E-state index contributed by atoms with van der Waals surface area (Å²) in [5, 5.41) is 0. The summed E-state index contributed by atoms with van der Waals surface area (Å²) in [5.74, 6) is 0. The topological polar surface area (TPSA) is 47.1 Å². The van der Waals surface area contributed by atoms with Crippen molar-refractivity contribution in [3.05, 3.63) is 0 Å². The van der Waals surface area contributed by atoms with Crippen LogP contribution in [0, 0.1) is 0 Å². The fourth-order valence-corrected chi connectivity index (χ4v) is 2.95. The summed E-state index contributed by atoms with van der Waals surface area (Å²) >= 11 is 0. The van der Waals surface area contributed by atoms with E-state index in [-0.39, 0.29) is 27.9 Å². The van der Waals surface area contributed by atoms with Crippen molar-refractivity contribution in [2.24, 2.45) is 0 Å². The Balaban J connectivity index is -0.000000350. The predicted molar refractivity (Wildman–Crippen MR) is 117 cm³/mol. The normalized spacial score (nSPS) is 20.1. The fourth-order valence-electron chi connectivity index (χ4n) is 2.95. The molecule has 2 aliphatic rings. The van der Waals surface area contributed by atoms with E-state index in [4.69, 9.17) is 0 Å². The van der Waals surface area contributed by atoms with Crippen molar-refractivity contribution in [3.63, 3.8) is 0 Å². The number of urea groups is 2. The standard InChI is InChI=1S/2C8H16N2O.C3H8.CH4.B/c2*1-7-5-4-6-10(7)8(11)9(2)3;1-3-2;;/h2*7H,4-6H2,1-3H3;3H2,1-2H3;1H4;/t2*7-;;;/m11.../s1. The van der Waals surface area contributed by atoms with E-state index in [0.717, 1.165) is 38.8 Å². The molecule has 0 bridgehead atoms. The first-order valence-electron chi connectivity index (χ1n) is 9.63. The zero-order valence-corrected chi connectivity index (χ0v) is 18.3. The van der Waals surface area contributed by atoms with Gasteiger partial charge < -0.3 is 19.6 Å². The molecule has 2 rings (SSSR count). The van der Waals surface area contributed by atoms with Gasteiger partial charge in [-0.1, -0.05) is 27.7 Å².